The van der Waals surface area contributed by atoms with Crippen molar-refractivity contribution >= 4 is 27.3 Å². The molecule has 1 unspecified atom stereocenters. The molecule has 86 valence electrons. The van der Waals surface area contributed by atoms with Crippen LogP contribution in [0.15, 0.2) is 23.1 Å². The monoisotopic (exact) mass is 258 g/mol. The van der Waals surface area contributed by atoms with Crippen molar-refractivity contribution in [1.29, 1.82) is 0 Å². The fourth-order valence-corrected chi connectivity index (χ4v) is 2.55. The average Bonchev–Trinajstić information content (AvgIpc) is 2.16. The van der Waals surface area contributed by atoms with Crippen LogP contribution in [0.2, 0.25) is 5.02 Å². The van der Waals surface area contributed by atoms with Crippen molar-refractivity contribution in [2.45, 2.75) is 17.9 Å². The number of hydrogen-bond acceptors (Lipinski definition) is 3. The van der Waals surface area contributed by atoms with Crippen LogP contribution in [0, 0.1) is 12.3 Å². The second-order valence-electron chi connectivity index (χ2n) is 3.19. The summed E-state index contributed by atoms with van der Waals surface area (Å²) in [4.78, 5) is -0.0287. The van der Waals surface area contributed by atoms with Gasteiger partial charge in [-0.25, -0.2) is 8.42 Å². The predicted molar refractivity (Wildman–Crippen MR) is 64.5 cm³/mol. The number of anilines is 1. The zero-order valence-corrected chi connectivity index (χ0v) is 10.1. The van der Waals surface area contributed by atoms with Crippen LogP contribution in [0.4, 0.5) is 5.69 Å². The van der Waals surface area contributed by atoms with Gasteiger partial charge in [0.2, 0.25) is 10.0 Å². The lowest BCUT2D eigenvalue weighted by molar-refractivity contribution is 0.578. The van der Waals surface area contributed by atoms with E-state index in [0.29, 0.717) is 5.02 Å². The molecule has 1 rings (SSSR count). The molecule has 3 N–H and O–H groups in total. The van der Waals surface area contributed by atoms with Crippen molar-refractivity contribution in [1.82, 2.24) is 4.72 Å². The Hall–Kier alpha value is -1.22. The number of rotatable bonds is 3. The number of hydrogen-bond donors (Lipinski definition) is 2. The summed E-state index contributed by atoms with van der Waals surface area (Å²) in [5.41, 5.74) is 5.66. The van der Waals surface area contributed by atoms with Gasteiger partial charge in [-0.15, -0.1) is 6.42 Å². The Morgan fingerprint density at radius 2 is 2.19 bits per heavy atom. The molecule has 0 radical (unpaired) electrons. The van der Waals surface area contributed by atoms with Crippen LogP contribution in [0.5, 0.6) is 0 Å². The molecule has 0 amide bonds. The molecule has 0 aliphatic rings. The lowest BCUT2D eigenvalue weighted by atomic mass is 10.3. The third-order valence-corrected chi connectivity index (χ3v) is 3.69. The highest BCUT2D eigenvalue weighted by molar-refractivity contribution is 7.89. The summed E-state index contributed by atoms with van der Waals surface area (Å²) in [6.07, 6.45) is 5.09. The Balaban J connectivity index is 3.14. The number of benzene rings is 1. The molecule has 1 aromatic rings. The molecule has 0 aliphatic heterocycles. The SMILES string of the molecule is C#CC(C)NS(=O)(=O)c1ccc(Cl)cc1N. The maximum atomic E-state index is 11.8. The normalized spacial score (nSPS) is 13.1. The van der Waals surface area contributed by atoms with Gasteiger partial charge in [0.1, 0.15) is 4.90 Å². The Kier molecular flexibility index (Phi) is 3.81. The van der Waals surface area contributed by atoms with Crippen LogP contribution >= 0.6 is 11.6 Å². The highest BCUT2D eigenvalue weighted by Crippen LogP contribution is 2.22. The maximum Gasteiger partial charge on any atom is 0.243 e. The van der Waals surface area contributed by atoms with Crippen LogP contribution in [0.3, 0.4) is 0 Å². The summed E-state index contributed by atoms with van der Waals surface area (Å²) >= 11 is 5.67. The lowest BCUT2D eigenvalue weighted by Gasteiger charge is -2.10. The summed E-state index contributed by atoms with van der Waals surface area (Å²) in [5, 5.41) is 0.376. The van der Waals surface area contributed by atoms with E-state index in [1.54, 1.807) is 6.92 Å². The second kappa shape index (κ2) is 4.74. The molecule has 0 aromatic heterocycles. The van der Waals surface area contributed by atoms with Crippen LogP contribution in [0.25, 0.3) is 0 Å². The highest BCUT2D eigenvalue weighted by Gasteiger charge is 2.19. The molecule has 0 heterocycles. The number of terminal acetylenes is 1. The van der Waals surface area contributed by atoms with E-state index in [2.05, 4.69) is 10.6 Å². The predicted octanol–water partition coefficient (Wildman–Crippen LogP) is 1.22. The highest BCUT2D eigenvalue weighted by atomic mass is 35.5. The van der Waals surface area contributed by atoms with Gasteiger partial charge in [-0.05, 0) is 25.1 Å². The van der Waals surface area contributed by atoms with Crippen molar-refractivity contribution in [3.63, 3.8) is 0 Å². The molecule has 1 aromatic carbocycles. The molecular formula is C10H11ClN2O2S. The first-order valence-electron chi connectivity index (χ1n) is 4.40. The van der Waals surface area contributed by atoms with Gasteiger partial charge in [0.15, 0.2) is 0 Å². The first-order valence-corrected chi connectivity index (χ1v) is 6.26. The minimum atomic E-state index is -3.70. The molecule has 0 bridgehead atoms. The second-order valence-corrected chi connectivity index (χ2v) is 5.31. The molecule has 0 saturated carbocycles. The minimum absolute atomic E-state index is 0.0287. The summed E-state index contributed by atoms with van der Waals surface area (Å²) in [7, 11) is -3.70. The van der Waals surface area contributed by atoms with E-state index in [0.717, 1.165) is 0 Å². The fourth-order valence-electron chi connectivity index (χ4n) is 1.09. The molecule has 0 spiro atoms. The average molecular weight is 259 g/mol. The van der Waals surface area contributed by atoms with E-state index in [1.807, 2.05) is 0 Å². The number of halogens is 1. The van der Waals surface area contributed by atoms with Gasteiger partial charge in [0.05, 0.1) is 11.7 Å². The van der Waals surface area contributed by atoms with E-state index in [-0.39, 0.29) is 10.6 Å². The van der Waals surface area contributed by atoms with Gasteiger partial charge in [0, 0.05) is 5.02 Å². The smallest absolute Gasteiger partial charge is 0.243 e. The number of nitrogens with two attached hydrogens (primary N) is 1. The lowest BCUT2D eigenvalue weighted by Crippen LogP contribution is -2.31. The summed E-state index contributed by atoms with van der Waals surface area (Å²) in [6.45, 7) is 1.56. The molecule has 16 heavy (non-hydrogen) atoms. The topological polar surface area (TPSA) is 72.2 Å². The Labute approximate surface area is 99.8 Å². The molecular weight excluding hydrogens is 248 g/mol. The van der Waals surface area contributed by atoms with Gasteiger partial charge in [-0.3, -0.25) is 0 Å². The number of nitrogens with one attached hydrogen (secondary N) is 1. The van der Waals surface area contributed by atoms with E-state index in [9.17, 15) is 8.42 Å². The third-order valence-electron chi connectivity index (χ3n) is 1.84. The van der Waals surface area contributed by atoms with Gasteiger partial charge < -0.3 is 5.73 Å². The standard InChI is InChI=1S/C10H11ClN2O2S/c1-3-7(2)13-16(14,15)10-5-4-8(11)6-9(10)12/h1,4-7,13H,12H2,2H3. The van der Waals surface area contributed by atoms with Gasteiger partial charge in [-0.1, -0.05) is 17.5 Å². The zero-order chi connectivity index (χ0) is 12.3. The van der Waals surface area contributed by atoms with Crippen molar-refractivity contribution in [3.05, 3.63) is 23.2 Å². The summed E-state index contributed by atoms with van der Waals surface area (Å²) in [6, 6.07) is 3.56. The Bertz CT molecular complexity index is 534. The third kappa shape index (κ3) is 2.89. The molecule has 0 fully saturated rings. The molecule has 0 saturated heterocycles. The van der Waals surface area contributed by atoms with Crippen molar-refractivity contribution in [2.24, 2.45) is 0 Å². The van der Waals surface area contributed by atoms with E-state index in [4.69, 9.17) is 23.8 Å². The minimum Gasteiger partial charge on any atom is -0.398 e. The Morgan fingerprint density at radius 3 is 2.69 bits per heavy atom. The molecule has 6 heteroatoms. The number of nitrogen functional groups attached to an aromatic ring is 1. The van der Waals surface area contributed by atoms with Crippen LogP contribution < -0.4 is 10.5 Å². The van der Waals surface area contributed by atoms with Crippen LogP contribution in [-0.2, 0) is 10.0 Å². The zero-order valence-electron chi connectivity index (χ0n) is 8.57. The summed E-state index contributed by atoms with van der Waals surface area (Å²) in [5.74, 6) is 2.26. The first kappa shape index (κ1) is 12.8. The number of sulfonamides is 1. The van der Waals surface area contributed by atoms with Gasteiger partial charge in [-0.2, -0.15) is 4.72 Å². The van der Waals surface area contributed by atoms with Crippen LogP contribution in [0.1, 0.15) is 6.92 Å². The van der Waals surface area contributed by atoms with Gasteiger partial charge in [0.25, 0.3) is 0 Å². The molecule has 1 atom stereocenters. The van der Waals surface area contributed by atoms with Gasteiger partial charge >= 0.3 is 0 Å². The fraction of sp³-hybridized carbons (Fsp3) is 0.200. The maximum absolute atomic E-state index is 11.8. The van der Waals surface area contributed by atoms with Crippen LogP contribution in [-0.4, -0.2) is 14.5 Å². The van der Waals surface area contributed by atoms with Crippen molar-refractivity contribution in [2.75, 3.05) is 5.73 Å². The first-order chi connectivity index (χ1) is 7.36. The molecule has 4 nitrogen and oxygen atoms in total. The van der Waals surface area contributed by atoms with E-state index in [1.165, 1.54) is 18.2 Å². The molecule has 0 aliphatic carbocycles. The van der Waals surface area contributed by atoms with Crippen molar-refractivity contribution < 1.29 is 8.42 Å². The largest absolute Gasteiger partial charge is 0.398 e. The quantitative estimate of drug-likeness (QED) is 0.633. The van der Waals surface area contributed by atoms with E-state index >= 15 is 0 Å². The van der Waals surface area contributed by atoms with Crippen molar-refractivity contribution in [3.8, 4) is 12.3 Å². The Morgan fingerprint density at radius 1 is 1.56 bits per heavy atom. The van der Waals surface area contributed by atoms with E-state index < -0.39 is 16.1 Å². The summed E-state index contributed by atoms with van der Waals surface area (Å²) < 4.78 is 25.9.